The third-order valence-electron chi connectivity index (χ3n) is 4.95. The third-order valence-corrected chi connectivity index (χ3v) is 4.95. The molecule has 1 aliphatic rings. The van der Waals surface area contributed by atoms with E-state index in [0.29, 0.717) is 23.6 Å². The largest absolute Gasteiger partial charge is 0.492 e. The highest BCUT2D eigenvalue weighted by Gasteiger charge is 2.38. The van der Waals surface area contributed by atoms with Gasteiger partial charge in [-0.15, -0.1) is 0 Å². The Morgan fingerprint density at radius 2 is 1.68 bits per heavy atom. The van der Waals surface area contributed by atoms with Gasteiger partial charge in [-0.1, -0.05) is 24.3 Å². The molecule has 0 spiro atoms. The number of para-hydroxylation sites is 2. The van der Waals surface area contributed by atoms with Crippen molar-refractivity contribution in [2.75, 3.05) is 25.0 Å². The van der Waals surface area contributed by atoms with E-state index in [4.69, 9.17) is 14.6 Å². The van der Waals surface area contributed by atoms with Crippen LogP contribution < -0.4 is 15.4 Å². The van der Waals surface area contributed by atoms with Gasteiger partial charge in [0.15, 0.2) is 5.78 Å². The minimum atomic E-state index is -5.08. The molecule has 0 atom stereocenters. The van der Waals surface area contributed by atoms with Gasteiger partial charge >= 0.3 is 12.1 Å². The summed E-state index contributed by atoms with van der Waals surface area (Å²) >= 11 is 0. The number of hydrogen-bond donors (Lipinski definition) is 3. The minimum Gasteiger partial charge on any atom is -0.492 e. The number of halogens is 3. The van der Waals surface area contributed by atoms with Crippen molar-refractivity contribution in [2.24, 2.45) is 0 Å². The fourth-order valence-corrected chi connectivity index (χ4v) is 3.28. The van der Waals surface area contributed by atoms with Crippen molar-refractivity contribution in [1.82, 2.24) is 5.32 Å². The quantitative estimate of drug-likeness (QED) is 0.518. The van der Waals surface area contributed by atoms with Crippen molar-refractivity contribution in [1.29, 1.82) is 0 Å². The lowest BCUT2D eigenvalue weighted by atomic mass is 9.97. The molecule has 0 saturated carbocycles. The molecule has 3 rings (SSSR count). The van der Waals surface area contributed by atoms with Crippen molar-refractivity contribution in [3.05, 3.63) is 59.2 Å². The van der Waals surface area contributed by atoms with E-state index in [0.717, 1.165) is 25.9 Å². The van der Waals surface area contributed by atoms with Crippen LogP contribution in [-0.2, 0) is 22.4 Å². The molecule has 3 N–H and O–H groups in total. The van der Waals surface area contributed by atoms with E-state index in [1.807, 2.05) is 43.3 Å². The van der Waals surface area contributed by atoms with Gasteiger partial charge in [-0.05, 0) is 62.2 Å². The summed E-state index contributed by atoms with van der Waals surface area (Å²) in [4.78, 5) is 33.7. The molecule has 0 aromatic heterocycles. The molecular formula is C24H27F3N2O5. The van der Waals surface area contributed by atoms with Crippen molar-refractivity contribution in [2.45, 2.75) is 38.8 Å². The van der Waals surface area contributed by atoms with Gasteiger partial charge in [0.1, 0.15) is 5.75 Å². The predicted molar refractivity (Wildman–Crippen MR) is 120 cm³/mol. The van der Waals surface area contributed by atoms with Gasteiger partial charge in [-0.2, -0.15) is 13.2 Å². The molecule has 1 amide bonds. The number of aliphatic carboxylic acids is 1. The van der Waals surface area contributed by atoms with E-state index in [2.05, 4.69) is 10.6 Å². The molecule has 0 saturated heterocycles. The summed E-state index contributed by atoms with van der Waals surface area (Å²) in [5, 5.41) is 13.3. The van der Waals surface area contributed by atoms with Crippen LogP contribution in [0.15, 0.2) is 42.5 Å². The summed E-state index contributed by atoms with van der Waals surface area (Å²) in [6.07, 6.45) is -2.81. The van der Waals surface area contributed by atoms with Crippen molar-refractivity contribution < 1.29 is 37.4 Å². The van der Waals surface area contributed by atoms with Crippen molar-refractivity contribution in [3.8, 4) is 5.75 Å². The lowest BCUT2D eigenvalue weighted by Gasteiger charge is -2.11. The summed E-state index contributed by atoms with van der Waals surface area (Å²) in [6, 6.07) is 13.2. The molecule has 0 bridgehead atoms. The van der Waals surface area contributed by atoms with Crippen LogP contribution >= 0.6 is 0 Å². The predicted octanol–water partition coefficient (Wildman–Crippen LogP) is 4.01. The third kappa shape index (κ3) is 8.51. The van der Waals surface area contributed by atoms with Crippen LogP contribution in [0.2, 0.25) is 0 Å². The Bertz CT molecular complexity index is 1010. The normalized spacial score (nSPS) is 12.9. The molecule has 7 nitrogen and oxygen atoms in total. The van der Waals surface area contributed by atoms with Crippen molar-refractivity contribution in [3.63, 3.8) is 0 Å². The van der Waals surface area contributed by atoms with E-state index in [1.165, 1.54) is 11.1 Å². The molecule has 10 heteroatoms. The zero-order valence-electron chi connectivity index (χ0n) is 18.7. The Labute approximate surface area is 195 Å². The van der Waals surface area contributed by atoms with Crippen LogP contribution in [0, 0.1) is 0 Å². The van der Waals surface area contributed by atoms with Gasteiger partial charge in [0, 0.05) is 18.4 Å². The number of carbonyl (C=O) groups is 3. The van der Waals surface area contributed by atoms with Crippen LogP contribution in [0.25, 0.3) is 0 Å². The van der Waals surface area contributed by atoms with Crippen LogP contribution in [-0.4, -0.2) is 48.6 Å². The number of Topliss-reactive ketones (excluding diaryl/α,β-unsaturated/α-hetero) is 1. The monoisotopic (exact) mass is 480 g/mol. The van der Waals surface area contributed by atoms with Crippen LogP contribution in [0.1, 0.15) is 41.3 Å². The molecule has 184 valence electrons. The van der Waals surface area contributed by atoms with Gasteiger partial charge in [-0.25, -0.2) is 4.79 Å². The Morgan fingerprint density at radius 1 is 1.03 bits per heavy atom. The summed E-state index contributed by atoms with van der Waals surface area (Å²) < 4.78 is 37.2. The van der Waals surface area contributed by atoms with E-state index < -0.39 is 12.1 Å². The topological polar surface area (TPSA) is 105 Å². The number of alkyl halides is 3. The number of rotatable bonds is 7. The van der Waals surface area contributed by atoms with Gasteiger partial charge < -0.3 is 20.5 Å². The number of anilines is 1. The fourth-order valence-electron chi connectivity index (χ4n) is 3.28. The summed E-state index contributed by atoms with van der Waals surface area (Å²) in [6.45, 7) is 4.34. The smallest absolute Gasteiger partial charge is 0.490 e. The molecule has 2 aromatic carbocycles. The molecule has 0 fully saturated rings. The molecule has 1 aliphatic heterocycles. The first-order chi connectivity index (χ1) is 16.1. The van der Waals surface area contributed by atoms with E-state index in [1.54, 1.807) is 6.07 Å². The first-order valence-corrected chi connectivity index (χ1v) is 10.8. The number of carboxylic acids is 1. The molecular weight excluding hydrogens is 453 g/mol. The van der Waals surface area contributed by atoms with E-state index >= 15 is 0 Å². The lowest BCUT2D eigenvalue weighted by Crippen LogP contribution is -2.21. The standard InChI is InChI=1S/C22H26N2O3.C2HF3O2/c1-2-27-21-6-4-3-5-19(21)24-22(26)10-9-20(25)18-8-7-16-11-13-23-14-12-17(16)15-18;3-2(4,5)1(6)7/h3-8,15,23H,2,9-14H2,1H3,(H,24,26);(H,6,7). The molecule has 1 heterocycles. The van der Waals surface area contributed by atoms with Crippen LogP contribution in [0.3, 0.4) is 0 Å². The maximum atomic E-state index is 12.5. The number of ketones is 1. The maximum Gasteiger partial charge on any atom is 0.490 e. The summed E-state index contributed by atoms with van der Waals surface area (Å²) in [5.74, 6) is -2.30. The highest BCUT2D eigenvalue weighted by molar-refractivity contribution is 6.00. The molecule has 0 aliphatic carbocycles. The maximum absolute atomic E-state index is 12.5. The molecule has 0 radical (unpaired) electrons. The number of nitrogens with one attached hydrogen (secondary N) is 2. The Morgan fingerprint density at radius 3 is 2.32 bits per heavy atom. The highest BCUT2D eigenvalue weighted by atomic mass is 19.4. The average molecular weight is 480 g/mol. The van der Waals surface area contributed by atoms with Crippen molar-refractivity contribution >= 4 is 23.3 Å². The number of carboxylic acid groups (broad SMARTS) is 1. The lowest BCUT2D eigenvalue weighted by molar-refractivity contribution is -0.192. The number of fused-ring (bicyclic) bond motifs is 1. The second kappa shape index (κ2) is 12.7. The van der Waals surface area contributed by atoms with E-state index in [-0.39, 0.29) is 24.5 Å². The second-order valence-electron chi connectivity index (χ2n) is 7.44. The Hall–Kier alpha value is -3.40. The summed E-state index contributed by atoms with van der Waals surface area (Å²) in [5.41, 5.74) is 3.87. The summed E-state index contributed by atoms with van der Waals surface area (Å²) in [7, 11) is 0. The van der Waals surface area contributed by atoms with Crippen LogP contribution in [0.4, 0.5) is 18.9 Å². The van der Waals surface area contributed by atoms with Gasteiger partial charge in [0.05, 0.1) is 12.3 Å². The molecule has 0 unspecified atom stereocenters. The number of carbonyl (C=O) groups excluding carboxylic acids is 2. The van der Waals surface area contributed by atoms with E-state index in [9.17, 15) is 22.8 Å². The molecule has 2 aromatic rings. The average Bonchev–Trinajstić information content (AvgIpc) is 3.03. The first kappa shape index (κ1) is 26.8. The Balaban J connectivity index is 0.000000509. The number of ether oxygens (including phenoxy) is 1. The van der Waals surface area contributed by atoms with Gasteiger partial charge in [0.25, 0.3) is 0 Å². The number of benzene rings is 2. The number of hydrogen-bond acceptors (Lipinski definition) is 5. The zero-order chi connectivity index (χ0) is 25.1. The highest BCUT2D eigenvalue weighted by Crippen LogP contribution is 2.24. The SMILES string of the molecule is CCOc1ccccc1NC(=O)CCC(=O)c1ccc2c(c1)CCNCC2.O=C(O)C(F)(F)F. The van der Waals surface area contributed by atoms with Gasteiger partial charge in [0.2, 0.25) is 5.91 Å². The first-order valence-electron chi connectivity index (χ1n) is 10.8. The zero-order valence-corrected chi connectivity index (χ0v) is 18.7. The van der Waals surface area contributed by atoms with Gasteiger partial charge in [-0.3, -0.25) is 9.59 Å². The number of amides is 1. The fraction of sp³-hybridized carbons (Fsp3) is 0.375. The Kier molecular flexibility index (Phi) is 10.1. The van der Waals surface area contributed by atoms with Crippen LogP contribution in [0.5, 0.6) is 5.75 Å². The second-order valence-corrected chi connectivity index (χ2v) is 7.44. The molecule has 34 heavy (non-hydrogen) atoms. The minimum absolute atomic E-state index is 0.00301.